The summed E-state index contributed by atoms with van der Waals surface area (Å²) in [5, 5.41) is 7.70. The minimum absolute atomic E-state index is 0.211. The first-order valence-electron chi connectivity index (χ1n) is 8.02. The largest absolute Gasteiger partial charge is 0.339 e. The number of nitrogens with one attached hydrogen (secondary N) is 1. The van der Waals surface area contributed by atoms with Crippen LogP contribution in [0.1, 0.15) is 37.1 Å². The highest BCUT2D eigenvalue weighted by Gasteiger charge is 2.34. The Morgan fingerprint density at radius 1 is 1.27 bits per heavy atom. The molecule has 22 heavy (non-hydrogen) atoms. The molecule has 4 nitrogen and oxygen atoms in total. The number of aromatic nitrogens is 2. The molecule has 2 bridgehead atoms. The van der Waals surface area contributed by atoms with Crippen LogP contribution in [0.2, 0.25) is 0 Å². The second kappa shape index (κ2) is 5.47. The summed E-state index contributed by atoms with van der Waals surface area (Å²) in [6, 6.07) is 6.25. The average molecular weight is 301 g/mol. The lowest BCUT2D eigenvalue weighted by Gasteiger charge is -2.27. The number of halogens is 1. The lowest BCUT2D eigenvalue weighted by atomic mass is 9.90. The normalized spacial score (nSPS) is 27.3. The maximum atomic E-state index is 13.3. The highest BCUT2D eigenvalue weighted by Crippen LogP contribution is 2.32. The van der Waals surface area contributed by atoms with Gasteiger partial charge in [0.05, 0.1) is 0 Å². The standard InChI is InChI=1S/C17H20FN3O/c1-10-6-12(2-5-15(10)18)17-20-16(22-21-17)9-11-7-13-3-4-14(8-11)19-13/h2,5-6,11,13-14,19H,3-4,7-9H2,1H3. The van der Waals surface area contributed by atoms with Crippen molar-refractivity contribution in [1.29, 1.82) is 0 Å². The van der Waals surface area contributed by atoms with Crippen molar-refractivity contribution in [3.8, 4) is 11.4 Å². The van der Waals surface area contributed by atoms with Crippen LogP contribution in [0.25, 0.3) is 11.4 Å². The van der Waals surface area contributed by atoms with Gasteiger partial charge in [-0.05, 0) is 62.3 Å². The first-order chi connectivity index (χ1) is 10.7. The third-order valence-electron chi connectivity index (χ3n) is 4.92. The van der Waals surface area contributed by atoms with E-state index in [1.807, 2.05) is 0 Å². The SMILES string of the molecule is Cc1cc(-c2noc(CC3CC4CCC(C3)N4)n2)ccc1F. The van der Waals surface area contributed by atoms with E-state index in [1.165, 1.54) is 31.7 Å². The van der Waals surface area contributed by atoms with Crippen LogP contribution in [-0.2, 0) is 6.42 Å². The Kier molecular flexibility index (Phi) is 3.45. The molecule has 1 N–H and O–H groups in total. The molecule has 2 aliphatic heterocycles. The summed E-state index contributed by atoms with van der Waals surface area (Å²) >= 11 is 0. The second-order valence-corrected chi connectivity index (χ2v) is 6.66. The molecule has 2 aliphatic rings. The highest BCUT2D eigenvalue weighted by atomic mass is 19.1. The third-order valence-corrected chi connectivity index (χ3v) is 4.92. The minimum Gasteiger partial charge on any atom is -0.339 e. The number of nitrogens with zero attached hydrogens (tertiary/aromatic N) is 2. The van der Waals surface area contributed by atoms with Crippen LogP contribution in [0.15, 0.2) is 22.7 Å². The quantitative estimate of drug-likeness (QED) is 0.945. The molecule has 0 amide bonds. The van der Waals surface area contributed by atoms with E-state index in [-0.39, 0.29) is 5.82 Å². The van der Waals surface area contributed by atoms with Gasteiger partial charge in [-0.2, -0.15) is 4.98 Å². The molecule has 5 heteroatoms. The van der Waals surface area contributed by atoms with E-state index >= 15 is 0 Å². The van der Waals surface area contributed by atoms with Gasteiger partial charge in [0.2, 0.25) is 11.7 Å². The first kappa shape index (κ1) is 13.9. The fourth-order valence-corrected chi connectivity index (χ4v) is 3.83. The zero-order valence-electron chi connectivity index (χ0n) is 12.7. The van der Waals surface area contributed by atoms with Gasteiger partial charge < -0.3 is 9.84 Å². The van der Waals surface area contributed by atoms with E-state index < -0.39 is 0 Å². The van der Waals surface area contributed by atoms with Crippen molar-refractivity contribution in [2.45, 2.75) is 51.1 Å². The summed E-state index contributed by atoms with van der Waals surface area (Å²) < 4.78 is 18.7. The van der Waals surface area contributed by atoms with Crippen LogP contribution in [0.5, 0.6) is 0 Å². The molecular formula is C17H20FN3O. The third kappa shape index (κ3) is 2.65. The van der Waals surface area contributed by atoms with Gasteiger partial charge in [0.15, 0.2) is 0 Å². The van der Waals surface area contributed by atoms with E-state index in [4.69, 9.17) is 4.52 Å². The molecular weight excluding hydrogens is 281 g/mol. The zero-order chi connectivity index (χ0) is 15.1. The molecule has 4 rings (SSSR count). The molecule has 1 aromatic heterocycles. The Labute approximate surface area is 129 Å². The maximum absolute atomic E-state index is 13.3. The summed E-state index contributed by atoms with van der Waals surface area (Å²) in [7, 11) is 0. The molecule has 0 radical (unpaired) electrons. The van der Waals surface area contributed by atoms with Crippen molar-refractivity contribution in [3.63, 3.8) is 0 Å². The van der Waals surface area contributed by atoms with Crippen molar-refractivity contribution in [2.75, 3.05) is 0 Å². The van der Waals surface area contributed by atoms with Gasteiger partial charge in [0.25, 0.3) is 0 Å². The van der Waals surface area contributed by atoms with Gasteiger partial charge in [0, 0.05) is 24.1 Å². The summed E-state index contributed by atoms with van der Waals surface area (Å²) in [4.78, 5) is 4.50. The molecule has 1 aromatic carbocycles. The van der Waals surface area contributed by atoms with E-state index in [0.29, 0.717) is 35.3 Å². The number of fused-ring (bicyclic) bond motifs is 2. The fourth-order valence-electron chi connectivity index (χ4n) is 3.83. The van der Waals surface area contributed by atoms with Gasteiger partial charge in [-0.15, -0.1) is 0 Å². The molecule has 0 saturated carbocycles. The smallest absolute Gasteiger partial charge is 0.227 e. The van der Waals surface area contributed by atoms with Gasteiger partial charge in [0.1, 0.15) is 5.82 Å². The van der Waals surface area contributed by atoms with Crippen LogP contribution >= 0.6 is 0 Å². The Hall–Kier alpha value is -1.75. The number of rotatable bonds is 3. The predicted molar refractivity (Wildman–Crippen MR) is 80.8 cm³/mol. The van der Waals surface area contributed by atoms with Crippen molar-refractivity contribution in [2.24, 2.45) is 5.92 Å². The topological polar surface area (TPSA) is 51.0 Å². The Balaban J connectivity index is 1.48. The van der Waals surface area contributed by atoms with Crippen LogP contribution in [0, 0.1) is 18.7 Å². The van der Waals surface area contributed by atoms with Crippen LogP contribution < -0.4 is 5.32 Å². The maximum Gasteiger partial charge on any atom is 0.227 e. The molecule has 0 spiro atoms. The fraction of sp³-hybridized carbons (Fsp3) is 0.529. The number of hydrogen-bond donors (Lipinski definition) is 1. The van der Waals surface area contributed by atoms with Crippen molar-refractivity contribution in [3.05, 3.63) is 35.5 Å². The molecule has 0 aliphatic carbocycles. The van der Waals surface area contributed by atoms with Crippen LogP contribution in [0.4, 0.5) is 4.39 Å². The molecule has 2 atom stereocenters. The summed E-state index contributed by atoms with van der Waals surface area (Å²) in [5.41, 5.74) is 1.40. The van der Waals surface area contributed by atoms with E-state index in [0.717, 1.165) is 12.0 Å². The van der Waals surface area contributed by atoms with Crippen LogP contribution in [-0.4, -0.2) is 22.2 Å². The first-order valence-corrected chi connectivity index (χ1v) is 8.02. The van der Waals surface area contributed by atoms with Crippen LogP contribution in [0.3, 0.4) is 0 Å². The Morgan fingerprint density at radius 2 is 2.05 bits per heavy atom. The lowest BCUT2D eigenvalue weighted by molar-refractivity contribution is 0.270. The lowest BCUT2D eigenvalue weighted by Crippen LogP contribution is -2.38. The molecule has 2 fully saturated rings. The van der Waals surface area contributed by atoms with Gasteiger partial charge in [-0.1, -0.05) is 5.16 Å². The predicted octanol–water partition coefficient (Wildman–Crippen LogP) is 3.26. The second-order valence-electron chi connectivity index (χ2n) is 6.66. The summed E-state index contributed by atoms with van der Waals surface area (Å²) in [6.45, 7) is 1.74. The molecule has 2 aromatic rings. The van der Waals surface area contributed by atoms with Crippen molar-refractivity contribution >= 4 is 0 Å². The number of hydrogen-bond acceptors (Lipinski definition) is 4. The molecule has 116 valence electrons. The van der Waals surface area contributed by atoms with Gasteiger partial charge >= 0.3 is 0 Å². The molecule has 2 unspecified atom stereocenters. The minimum atomic E-state index is -0.211. The Morgan fingerprint density at radius 3 is 2.77 bits per heavy atom. The Bertz CT molecular complexity index is 672. The summed E-state index contributed by atoms with van der Waals surface area (Å²) in [5.74, 6) is 1.66. The molecule has 3 heterocycles. The van der Waals surface area contributed by atoms with Gasteiger partial charge in [-0.3, -0.25) is 0 Å². The number of aryl methyl sites for hydroxylation is 1. The number of benzene rings is 1. The van der Waals surface area contributed by atoms with E-state index in [1.54, 1.807) is 19.1 Å². The van der Waals surface area contributed by atoms with E-state index in [9.17, 15) is 4.39 Å². The monoisotopic (exact) mass is 301 g/mol. The molecule has 2 saturated heterocycles. The van der Waals surface area contributed by atoms with E-state index in [2.05, 4.69) is 15.5 Å². The van der Waals surface area contributed by atoms with Gasteiger partial charge in [-0.25, -0.2) is 4.39 Å². The average Bonchev–Trinajstić information content (AvgIpc) is 3.09. The van der Waals surface area contributed by atoms with Crippen molar-refractivity contribution < 1.29 is 8.91 Å². The summed E-state index contributed by atoms with van der Waals surface area (Å²) in [6.07, 6.45) is 5.84. The zero-order valence-corrected chi connectivity index (χ0v) is 12.7. The number of piperidine rings is 1. The highest BCUT2D eigenvalue weighted by molar-refractivity contribution is 5.55. The van der Waals surface area contributed by atoms with Crippen molar-refractivity contribution in [1.82, 2.24) is 15.5 Å².